The smallest absolute Gasteiger partial charge is 0.0616 e. The van der Waals surface area contributed by atoms with E-state index in [0.717, 1.165) is 0 Å². The van der Waals surface area contributed by atoms with E-state index in [1.165, 1.54) is 105 Å². The molecule has 0 atom stereocenters. The van der Waals surface area contributed by atoms with Crippen molar-refractivity contribution in [3.63, 3.8) is 0 Å². The molecule has 1 aliphatic carbocycles. The molecule has 9 aromatic carbocycles. The molecule has 244 valence electrons. The summed E-state index contributed by atoms with van der Waals surface area (Å²) in [5.41, 5.74) is 15.0. The van der Waals surface area contributed by atoms with Crippen molar-refractivity contribution in [1.29, 1.82) is 0 Å². The van der Waals surface area contributed by atoms with Gasteiger partial charge in [-0.05, 0) is 89.5 Å². The molecule has 0 bridgehead atoms. The SMILES string of the molecule is CC1(C)c2ccccc2-c2c1c1cccc(-c3ccc4ccc5cccc6ccc3c4c56)c1n2-c1cc(-c2ccccc2)cc(-c2ccccc2)c1. The number of aromatic nitrogens is 1. The van der Waals surface area contributed by atoms with Crippen LogP contribution in [0.4, 0.5) is 0 Å². The summed E-state index contributed by atoms with van der Waals surface area (Å²) in [6, 6.07) is 65.3. The maximum absolute atomic E-state index is 2.60. The van der Waals surface area contributed by atoms with Crippen LogP contribution in [-0.4, -0.2) is 4.57 Å². The molecule has 0 amide bonds. The van der Waals surface area contributed by atoms with Gasteiger partial charge in [-0.3, -0.25) is 0 Å². The van der Waals surface area contributed by atoms with E-state index in [9.17, 15) is 0 Å². The first-order valence-electron chi connectivity index (χ1n) is 18.3. The summed E-state index contributed by atoms with van der Waals surface area (Å²) in [5.74, 6) is 0. The summed E-state index contributed by atoms with van der Waals surface area (Å²) in [4.78, 5) is 0. The van der Waals surface area contributed by atoms with Gasteiger partial charge in [0.25, 0.3) is 0 Å². The quantitative estimate of drug-likeness (QED) is 0.165. The number of rotatable bonds is 4. The highest BCUT2D eigenvalue weighted by molar-refractivity contribution is 6.26. The van der Waals surface area contributed by atoms with Crippen molar-refractivity contribution in [2.75, 3.05) is 0 Å². The third kappa shape index (κ3) is 4.05. The first kappa shape index (κ1) is 29.3. The van der Waals surface area contributed by atoms with Crippen LogP contribution in [0.3, 0.4) is 0 Å². The topological polar surface area (TPSA) is 4.93 Å². The Morgan fingerprint density at radius 1 is 0.404 bits per heavy atom. The number of hydrogen-bond donors (Lipinski definition) is 0. The Hall–Kier alpha value is -6.44. The minimum atomic E-state index is -0.171. The van der Waals surface area contributed by atoms with Crippen molar-refractivity contribution in [3.8, 4) is 50.3 Å². The minimum absolute atomic E-state index is 0.171. The van der Waals surface area contributed by atoms with E-state index in [2.05, 4.69) is 194 Å². The van der Waals surface area contributed by atoms with Gasteiger partial charge in [0.05, 0.1) is 11.2 Å². The van der Waals surface area contributed by atoms with E-state index in [4.69, 9.17) is 0 Å². The summed E-state index contributed by atoms with van der Waals surface area (Å²) in [6.07, 6.45) is 0. The molecule has 1 aliphatic rings. The first-order chi connectivity index (χ1) is 25.6. The van der Waals surface area contributed by atoms with E-state index in [-0.39, 0.29) is 5.41 Å². The minimum Gasteiger partial charge on any atom is -0.308 e. The molecule has 0 spiro atoms. The van der Waals surface area contributed by atoms with Gasteiger partial charge >= 0.3 is 0 Å². The maximum Gasteiger partial charge on any atom is 0.0616 e. The Balaban J connectivity index is 1.30. The zero-order valence-corrected chi connectivity index (χ0v) is 29.2. The van der Waals surface area contributed by atoms with Crippen LogP contribution in [0.25, 0.3) is 93.5 Å². The Bertz CT molecular complexity index is 2940. The lowest BCUT2D eigenvalue weighted by Gasteiger charge is -2.22. The van der Waals surface area contributed by atoms with Gasteiger partial charge in [0, 0.05) is 27.6 Å². The summed E-state index contributed by atoms with van der Waals surface area (Å²) in [5, 5.41) is 9.17. The van der Waals surface area contributed by atoms with Crippen LogP contribution >= 0.6 is 0 Å². The molecule has 1 aromatic heterocycles. The van der Waals surface area contributed by atoms with Crippen LogP contribution in [-0.2, 0) is 5.41 Å². The summed E-state index contributed by atoms with van der Waals surface area (Å²) in [7, 11) is 0. The second-order valence-corrected chi connectivity index (χ2v) is 14.9. The molecule has 1 heteroatoms. The number of para-hydroxylation sites is 1. The molecular formula is C51H35N. The Labute approximate surface area is 303 Å². The molecule has 0 N–H and O–H groups in total. The van der Waals surface area contributed by atoms with Gasteiger partial charge < -0.3 is 4.57 Å². The summed E-state index contributed by atoms with van der Waals surface area (Å²) < 4.78 is 2.60. The average Bonchev–Trinajstić information content (AvgIpc) is 3.68. The van der Waals surface area contributed by atoms with Crippen molar-refractivity contribution in [2.45, 2.75) is 19.3 Å². The molecular weight excluding hydrogens is 627 g/mol. The normalized spacial score (nSPS) is 13.3. The highest BCUT2D eigenvalue weighted by atomic mass is 15.0. The van der Waals surface area contributed by atoms with Crippen LogP contribution in [0, 0.1) is 0 Å². The van der Waals surface area contributed by atoms with Crippen LogP contribution in [0.2, 0.25) is 0 Å². The van der Waals surface area contributed by atoms with E-state index in [0.29, 0.717) is 0 Å². The second-order valence-electron chi connectivity index (χ2n) is 14.9. The maximum atomic E-state index is 2.60. The van der Waals surface area contributed by atoms with Gasteiger partial charge in [0.1, 0.15) is 0 Å². The molecule has 0 radical (unpaired) electrons. The molecule has 0 unspecified atom stereocenters. The predicted molar refractivity (Wildman–Crippen MR) is 221 cm³/mol. The molecule has 52 heavy (non-hydrogen) atoms. The molecule has 0 fully saturated rings. The lowest BCUT2D eigenvalue weighted by Crippen LogP contribution is -2.14. The molecule has 10 aromatic rings. The predicted octanol–water partition coefficient (Wildman–Crippen LogP) is 13.8. The lowest BCUT2D eigenvalue weighted by molar-refractivity contribution is 0.666. The van der Waals surface area contributed by atoms with Gasteiger partial charge in [-0.1, -0.05) is 172 Å². The Morgan fingerprint density at radius 2 is 0.981 bits per heavy atom. The van der Waals surface area contributed by atoms with E-state index in [1.807, 2.05) is 0 Å². The fourth-order valence-corrected chi connectivity index (χ4v) is 9.37. The van der Waals surface area contributed by atoms with Gasteiger partial charge in [-0.2, -0.15) is 0 Å². The third-order valence-corrected chi connectivity index (χ3v) is 11.7. The van der Waals surface area contributed by atoms with Crippen LogP contribution < -0.4 is 0 Å². The van der Waals surface area contributed by atoms with Crippen molar-refractivity contribution in [2.24, 2.45) is 0 Å². The number of fused-ring (bicyclic) bond motifs is 5. The molecule has 1 heterocycles. The van der Waals surface area contributed by atoms with Crippen molar-refractivity contribution in [3.05, 3.63) is 187 Å². The van der Waals surface area contributed by atoms with Crippen molar-refractivity contribution < 1.29 is 0 Å². The van der Waals surface area contributed by atoms with Gasteiger partial charge in [-0.15, -0.1) is 0 Å². The lowest BCUT2D eigenvalue weighted by atomic mass is 9.81. The van der Waals surface area contributed by atoms with Crippen LogP contribution in [0.5, 0.6) is 0 Å². The molecule has 0 saturated carbocycles. The Morgan fingerprint density at radius 3 is 1.69 bits per heavy atom. The number of hydrogen-bond acceptors (Lipinski definition) is 0. The standard InChI is InChI=1S/C51H35N/c1-51(2)45-22-10-9-19-43(45)50-48(51)44-21-12-20-42(40-27-25-36-24-23-34-17-11-18-35-26-28-41(40)47(36)46(34)35)49(44)52(50)39-30-37(32-13-5-3-6-14-32)29-38(31-39)33-15-7-4-8-16-33/h3-31H,1-2H3. The highest BCUT2D eigenvalue weighted by Gasteiger charge is 2.41. The fourth-order valence-electron chi connectivity index (χ4n) is 9.37. The average molecular weight is 662 g/mol. The van der Waals surface area contributed by atoms with Gasteiger partial charge in [0.15, 0.2) is 0 Å². The summed E-state index contributed by atoms with van der Waals surface area (Å²) >= 11 is 0. The zero-order valence-electron chi connectivity index (χ0n) is 29.2. The van der Waals surface area contributed by atoms with E-state index >= 15 is 0 Å². The second kappa shape index (κ2) is 10.8. The van der Waals surface area contributed by atoms with Crippen molar-refractivity contribution in [1.82, 2.24) is 4.57 Å². The first-order valence-corrected chi connectivity index (χ1v) is 18.3. The van der Waals surface area contributed by atoms with E-state index in [1.54, 1.807) is 0 Å². The van der Waals surface area contributed by atoms with E-state index < -0.39 is 0 Å². The molecule has 0 aliphatic heterocycles. The Kier molecular flexibility index (Phi) is 6.08. The number of nitrogens with zero attached hydrogens (tertiary/aromatic N) is 1. The monoisotopic (exact) mass is 661 g/mol. The zero-order chi connectivity index (χ0) is 34.6. The van der Waals surface area contributed by atoms with Gasteiger partial charge in [0.2, 0.25) is 0 Å². The van der Waals surface area contributed by atoms with Crippen molar-refractivity contribution >= 4 is 43.2 Å². The largest absolute Gasteiger partial charge is 0.308 e. The summed E-state index contributed by atoms with van der Waals surface area (Å²) in [6.45, 7) is 4.81. The highest BCUT2D eigenvalue weighted by Crippen LogP contribution is 2.55. The number of benzene rings is 9. The van der Waals surface area contributed by atoms with Gasteiger partial charge in [-0.25, -0.2) is 0 Å². The van der Waals surface area contributed by atoms with Crippen LogP contribution in [0.15, 0.2) is 176 Å². The molecule has 1 nitrogen and oxygen atoms in total. The fraction of sp³-hybridized carbons (Fsp3) is 0.0588. The molecule has 11 rings (SSSR count). The third-order valence-electron chi connectivity index (χ3n) is 11.7. The molecule has 0 saturated heterocycles. The van der Waals surface area contributed by atoms with Crippen LogP contribution in [0.1, 0.15) is 25.0 Å².